The number of rotatable bonds is 6. The topological polar surface area (TPSA) is 82.8 Å². The number of ether oxygens (including phenoxy) is 3. The van der Waals surface area contributed by atoms with Crippen LogP contribution < -0.4 is 25.3 Å². The highest BCUT2D eigenvalue weighted by atomic mass is 16.7. The van der Waals surface area contributed by atoms with Gasteiger partial charge in [-0.1, -0.05) is 30.3 Å². The van der Waals surface area contributed by atoms with Crippen molar-refractivity contribution in [1.82, 2.24) is 0 Å². The van der Waals surface area contributed by atoms with E-state index in [1.165, 1.54) is 0 Å². The van der Waals surface area contributed by atoms with Crippen LogP contribution in [-0.4, -0.2) is 19.8 Å². The molecule has 3 aromatic rings. The van der Waals surface area contributed by atoms with E-state index in [4.69, 9.17) is 19.9 Å². The predicted octanol–water partition coefficient (Wildman–Crippen LogP) is 4.96. The molecule has 1 aliphatic carbocycles. The third-order valence-corrected chi connectivity index (χ3v) is 6.07. The Bertz CT molecular complexity index is 1150. The summed E-state index contributed by atoms with van der Waals surface area (Å²) in [5.74, 6) is 2.15. The Balaban J connectivity index is 0.00000136. The number of hydrogen-bond acceptors (Lipinski definition) is 5. The van der Waals surface area contributed by atoms with Crippen molar-refractivity contribution in [3.63, 3.8) is 0 Å². The van der Waals surface area contributed by atoms with Gasteiger partial charge >= 0.3 is 0 Å². The van der Waals surface area contributed by atoms with Crippen molar-refractivity contribution < 1.29 is 23.3 Å². The summed E-state index contributed by atoms with van der Waals surface area (Å²) in [6.45, 7) is 0.717. The van der Waals surface area contributed by atoms with E-state index in [1.54, 1.807) is 7.11 Å². The summed E-state index contributed by atoms with van der Waals surface area (Å²) >= 11 is 0. The Morgan fingerprint density at radius 3 is 2.55 bits per heavy atom. The maximum Gasteiger partial charge on any atom is 0.235 e. The average Bonchev–Trinajstić information content (AvgIpc) is 3.50. The van der Waals surface area contributed by atoms with Crippen molar-refractivity contribution in [3.05, 3.63) is 71.8 Å². The standard InChI is InChI=1S/C25H24N2O4.3H2/c1-29-21-9-7-19(13-20(21)17-4-2-16(14-26)3-5-17)27-24(28)25(10-11-25)18-6-8-22-23(12-18)31-15-30-22;;;/h2-9,12-13H,10-11,14-15,26H2,1H3,(H,27,28);3*1H. The number of nitrogens with one attached hydrogen (secondary N) is 1. The van der Waals surface area contributed by atoms with E-state index in [9.17, 15) is 4.79 Å². The molecule has 1 aliphatic heterocycles. The lowest BCUT2D eigenvalue weighted by molar-refractivity contribution is -0.118. The molecule has 0 bridgehead atoms. The predicted molar refractivity (Wildman–Crippen MR) is 125 cm³/mol. The highest BCUT2D eigenvalue weighted by Gasteiger charge is 2.51. The molecular weight excluding hydrogens is 392 g/mol. The molecule has 31 heavy (non-hydrogen) atoms. The summed E-state index contributed by atoms with van der Waals surface area (Å²) in [4.78, 5) is 13.3. The van der Waals surface area contributed by atoms with Crippen molar-refractivity contribution >= 4 is 11.6 Å². The number of fused-ring (bicyclic) bond motifs is 1. The van der Waals surface area contributed by atoms with E-state index in [1.807, 2.05) is 60.7 Å². The van der Waals surface area contributed by atoms with Crippen LogP contribution in [0, 0.1) is 0 Å². The summed E-state index contributed by atoms with van der Waals surface area (Å²) in [7, 11) is 1.64. The van der Waals surface area contributed by atoms with Gasteiger partial charge in [-0.15, -0.1) is 0 Å². The van der Waals surface area contributed by atoms with Crippen LogP contribution in [0.1, 0.15) is 28.2 Å². The van der Waals surface area contributed by atoms with Gasteiger partial charge in [0.05, 0.1) is 12.5 Å². The fourth-order valence-corrected chi connectivity index (χ4v) is 4.05. The maximum absolute atomic E-state index is 13.3. The van der Waals surface area contributed by atoms with Crippen LogP contribution in [0.25, 0.3) is 11.1 Å². The quantitative estimate of drug-likeness (QED) is 0.587. The zero-order valence-electron chi connectivity index (χ0n) is 17.3. The summed E-state index contributed by atoms with van der Waals surface area (Å²) in [5, 5.41) is 3.11. The van der Waals surface area contributed by atoms with Gasteiger partial charge in [-0.3, -0.25) is 4.79 Å². The lowest BCUT2D eigenvalue weighted by Crippen LogP contribution is -2.27. The molecule has 1 fully saturated rings. The van der Waals surface area contributed by atoms with Gasteiger partial charge < -0.3 is 25.3 Å². The molecule has 164 valence electrons. The molecule has 0 atom stereocenters. The van der Waals surface area contributed by atoms with Gasteiger partial charge in [0, 0.05) is 22.1 Å². The summed E-state index contributed by atoms with van der Waals surface area (Å²) < 4.78 is 16.4. The van der Waals surface area contributed by atoms with E-state index < -0.39 is 5.41 Å². The Labute approximate surface area is 185 Å². The van der Waals surface area contributed by atoms with Crippen LogP contribution in [-0.2, 0) is 16.8 Å². The summed E-state index contributed by atoms with van der Waals surface area (Å²) in [6.07, 6.45) is 1.62. The number of methoxy groups -OCH3 is 1. The van der Waals surface area contributed by atoms with Crippen molar-refractivity contribution in [2.24, 2.45) is 5.73 Å². The summed E-state index contributed by atoms with van der Waals surface area (Å²) in [6, 6.07) is 19.5. The SMILES string of the molecule is COc1ccc(NC(=O)C2(c3ccc4c(c3)OCO4)CC2)cc1-c1ccc(CN)cc1.[HH].[HH].[HH]. The second kappa shape index (κ2) is 7.63. The molecular formula is C25H30N2O4. The molecule has 0 unspecified atom stereocenters. The number of carbonyl (C=O) groups is 1. The van der Waals surface area contributed by atoms with E-state index in [0.717, 1.165) is 52.3 Å². The molecule has 0 saturated heterocycles. The molecule has 3 N–H and O–H groups in total. The first-order valence-electron chi connectivity index (χ1n) is 10.3. The van der Waals surface area contributed by atoms with Crippen LogP contribution in [0.15, 0.2) is 60.7 Å². The van der Waals surface area contributed by atoms with Crippen molar-refractivity contribution in [3.8, 4) is 28.4 Å². The van der Waals surface area contributed by atoms with Crippen LogP contribution >= 0.6 is 0 Å². The number of hydrogen-bond donors (Lipinski definition) is 2. The molecule has 2 aliphatic rings. The maximum atomic E-state index is 13.3. The lowest BCUT2D eigenvalue weighted by Gasteiger charge is -2.18. The number of carbonyl (C=O) groups excluding carboxylic acids is 1. The van der Waals surface area contributed by atoms with E-state index in [2.05, 4.69) is 5.32 Å². The molecule has 6 heteroatoms. The Morgan fingerprint density at radius 1 is 1.06 bits per heavy atom. The van der Waals surface area contributed by atoms with Crippen molar-refractivity contribution in [1.29, 1.82) is 0 Å². The van der Waals surface area contributed by atoms with Crippen LogP contribution in [0.3, 0.4) is 0 Å². The van der Waals surface area contributed by atoms with Crippen LogP contribution in [0.4, 0.5) is 5.69 Å². The fourth-order valence-electron chi connectivity index (χ4n) is 4.05. The average molecular weight is 423 g/mol. The number of anilines is 1. The summed E-state index contributed by atoms with van der Waals surface area (Å²) in [5.41, 5.74) is 9.86. The third kappa shape index (κ3) is 3.49. The first-order chi connectivity index (χ1) is 15.1. The molecule has 0 aromatic heterocycles. The number of amides is 1. The highest BCUT2D eigenvalue weighted by molar-refractivity contribution is 6.02. The second-order valence-corrected chi connectivity index (χ2v) is 7.92. The Morgan fingerprint density at radius 2 is 1.84 bits per heavy atom. The van der Waals surface area contributed by atoms with E-state index >= 15 is 0 Å². The van der Waals surface area contributed by atoms with Crippen LogP contribution in [0.5, 0.6) is 17.2 Å². The molecule has 6 nitrogen and oxygen atoms in total. The number of benzene rings is 3. The van der Waals surface area contributed by atoms with Crippen LogP contribution in [0.2, 0.25) is 0 Å². The first-order valence-corrected chi connectivity index (χ1v) is 10.3. The first kappa shape index (κ1) is 19.5. The monoisotopic (exact) mass is 422 g/mol. The van der Waals surface area contributed by atoms with Gasteiger partial charge in [0.2, 0.25) is 12.7 Å². The molecule has 5 rings (SSSR count). The molecule has 0 spiro atoms. The largest absolute Gasteiger partial charge is 0.496 e. The third-order valence-electron chi connectivity index (χ3n) is 6.07. The van der Waals surface area contributed by atoms with Crippen molar-refractivity contribution in [2.75, 3.05) is 19.2 Å². The van der Waals surface area contributed by atoms with Gasteiger partial charge in [-0.25, -0.2) is 0 Å². The molecule has 1 heterocycles. The Hall–Kier alpha value is -3.51. The van der Waals surface area contributed by atoms with Gasteiger partial charge in [0.15, 0.2) is 11.5 Å². The zero-order chi connectivity index (χ0) is 21.4. The molecule has 3 aromatic carbocycles. The van der Waals surface area contributed by atoms with Gasteiger partial charge in [-0.05, 0) is 59.9 Å². The minimum Gasteiger partial charge on any atom is -0.496 e. The van der Waals surface area contributed by atoms with Gasteiger partial charge in [0.25, 0.3) is 0 Å². The smallest absolute Gasteiger partial charge is 0.235 e. The molecule has 1 amide bonds. The van der Waals surface area contributed by atoms with E-state index in [-0.39, 0.29) is 17.0 Å². The van der Waals surface area contributed by atoms with Gasteiger partial charge in [0.1, 0.15) is 5.75 Å². The minimum absolute atomic E-state index is 0. The molecule has 1 saturated carbocycles. The van der Waals surface area contributed by atoms with Gasteiger partial charge in [-0.2, -0.15) is 0 Å². The Kier molecular flexibility index (Phi) is 4.79. The minimum atomic E-state index is -0.524. The second-order valence-electron chi connectivity index (χ2n) is 7.92. The van der Waals surface area contributed by atoms with E-state index in [0.29, 0.717) is 12.3 Å². The number of nitrogens with two attached hydrogens (primary N) is 1. The van der Waals surface area contributed by atoms with Crippen molar-refractivity contribution in [2.45, 2.75) is 24.8 Å². The zero-order valence-corrected chi connectivity index (χ0v) is 17.3. The highest BCUT2D eigenvalue weighted by Crippen LogP contribution is 2.51. The normalized spacial score (nSPS) is 15.4. The molecule has 0 radical (unpaired) electrons. The lowest BCUT2D eigenvalue weighted by atomic mass is 9.94. The fraction of sp³-hybridized carbons (Fsp3) is 0.240.